The molecule has 0 heterocycles. The van der Waals surface area contributed by atoms with Gasteiger partial charge in [0.05, 0.1) is 6.54 Å². The predicted octanol–water partition coefficient (Wildman–Crippen LogP) is 0.618. The van der Waals surface area contributed by atoms with Crippen molar-refractivity contribution in [2.75, 3.05) is 19.7 Å². The minimum Gasteiger partial charge on any atom is -0.396 e. The van der Waals surface area contributed by atoms with Gasteiger partial charge in [-0.15, -0.1) is 5.92 Å². The Hall–Kier alpha value is -0.520. The SMILES string of the molecule is CC#CCNCC(C)(C)CO. The van der Waals surface area contributed by atoms with E-state index >= 15 is 0 Å². The van der Waals surface area contributed by atoms with Crippen molar-refractivity contribution in [1.29, 1.82) is 0 Å². The first kappa shape index (κ1) is 10.5. The van der Waals surface area contributed by atoms with E-state index in [-0.39, 0.29) is 12.0 Å². The van der Waals surface area contributed by atoms with Gasteiger partial charge in [0.25, 0.3) is 0 Å². The average Bonchev–Trinajstić information content (AvgIpc) is 1.99. The summed E-state index contributed by atoms with van der Waals surface area (Å²) in [7, 11) is 0. The molecule has 0 unspecified atom stereocenters. The molecule has 0 aliphatic rings. The van der Waals surface area contributed by atoms with Crippen molar-refractivity contribution >= 4 is 0 Å². The third kappa shape index (κ3) is 5.90. The Morgan fingerprint density at radius 3 is 2.55 bits per heavy atom. The van der Waals surface area contributed by atoms with E-state index in [0.717, 1.165) is 6.54 Å². The van der Waals surface area contributed by atoms with Gasteiger partial charge in [0.15, 0.2) is 0 Å². The van der Waals surface area contributed by atoms with Crippen LogP contribution in [0.15, 0.2) is 0 Å². The lowest BCUT2D eigenvalue weighted by atomic mass is 9.95. The lowest BCUT2D eigenvalue weighted by Crippen LogP contribution is -2.32. The van der Waals surface area contributed by atoms with Gasteiger partial charge in [-0.05, 0) is 6.92 Å². The van der Waals surface area contributed by atoms with Crippen LogP contribution in [0.3, 0.4) is 0 Å². The summed E-state index contributed by atoms with van der Waals surface area (Å²) in [5.41, 5.74) is -0.0323. The van der Waals surface area contributed by atoms with E-state index in [1.807, 2.05) is 20.8 Å². The lowest BCUT2D eigenvalue weighted by molar-refractivity contribution is 0.158. The van der Waals surface area contributed by atoms with Crippen molar-refractivity contribution < 1.29 is 5.11 Å². The van der Waals surface area contributed by atoms with E-state index in [9.17, 15) is 0 Å². The second-order valence-corrected chi connectivity index (χ2v) is 3.35. The van der Waals surface area contributed by atoms with Crippen molar-refractivity contribution in [3.63, 3.8) is 0 Å². The molecule has 0 radical (unpaired) electrons. The number of hydrogen-bond acceptors (Lipinski definition) is 2. The second kappa shape index (κ2) is 5.17. The molecule has 64 valence electrons. The van der Waals surface area contributed by atoms with Crippen molar-refractivity contribution in [3.8, 4) is 11.8 Å². The fraction of sp³-hybridized carbons (Fsp3) is 0.778. The van der Waals surface area contributed by atoms with Crippen LogP contribution in [-0.2, 0) is 0 Å². The van der Waals surface area contributed by atoms with Crippen molar-refractivity contribution in [2.45, 2.75) is 20.8 Å². The van der Waals surface area contributed by atoms with Gasteiger partial charge in [-0.2, -0.15) is 0 Å². The van der Waals surface area contributed by atoms with E-state index in [2.05, 4.69) is 17.2 Å². The van der Waals surface area contributed by atoms with Crippen LogP contribution in [0, 0.1) is 17.3 Å². The monoisotopic (exact) mass is 155 g/mol. The first-order chi connectivity index (χ1) is 5.12. The van der Waals surface area contributed by atoms with Crippen LogP contribution in [0.4, 0.5) is 0 Å². The Morgan fingerprint density at radius 1 is 1.45 bits per heavy atom. The highest BCUT2D eigenvalue weighted by Crippen LogP contribution is 2.10. The van der Waals surface area contributed by atoms with E-state index < -0.39 is 0 Å². The van der Waals surface area contributed by atoms with E-state index in [0.29, 0.717) is 6.54 Å². The molecule has 0 saturated carbocycles. The molecule has 2 heteroatoms. The fourth-order valence-corrected chi connectivity index (χ4v) is 0.608. The maximum Gasteiger partial charge on any atom is 0.0576 e. The number of hydrogen-bond donors (Lipinski definition) is 2. The molecule has 0 aliphatic heterocycles. The molecule has 0 fully saturated rings. The molecule has 2 N–H and O–H groups in total. The van der Waals surface area contributed by atoms with Crippen LogP contribution in [0.1, 0.15) is 20.8 Å². The summed E-state index contributed by atoms with van der Waals surface area (Å²) >= 11 is 0. The zero-order valence-electron chi connectivity index (χ0n) is 7.57. The first-order valence-corrected chi connectivity index (χ1v) is 3.83. The second-order valence-electron chi connectivity index (χ2n) is 3.35. The lowest BCUT2D eigenvalue weighted by Gasteiger charge is -2.20. The zero-order valence-corrected chi connectivity index (χ0v) is 7.57. The maximum atomic E-state index is 8.87. The molecule has 0 rings (SSSR count). The highest BCUT2D eigenvalue weighted by atomic mass is 16.3. The summed E-state index contributed by atoms with van der Waals surface area (Å²) in [6.45, 7) is 7.56. The third-order valence-electron chi connectivity index (χ3n) is 1.42. The minimum atomic E-state index is -0.0323. The van der Waals surface area contributed by atoms with Crippen LogP contribution >= 0.6 is 0 Å². The molecule has 0 saturated heterocycles. The standard InChI is InChI=1S/C9H17NO/c1-4-5-6-10-7-9(2,3)8-11/h10-11H,6-8H2,1-3H3. The van der Waals surface area contributed by atoms with Crippen molar-refractivity contribution in [3.05, 3.63) is 0 Å². The smallest absolute Gasteiger partial charge is 0.0576 e. The van der Waals surface area contributed by atoms with Crippen LogP contribution in [0.2, 0.25) is 0 Å². The van der Waals surface area contributed by atoms with E-state index in [1.165, 1.54) is 0 Å². The summed E-state index contributed by atoms with van der Waals surface area (Å²) in [6, 6.07) is 0. The van der Waals surface area contributed by atoms with Gasteiger partial charge in [0.1, 0.15) is 0 Å². The summed E-state index contributed by atoms with van der Waals surface area (Å²) in [4.78, 5) is 0. The normalized spacial score (nSPS) is 10.5. The van der Waals surface area contributed by atoms with Crippen LogP contribution in [-0.4, -0.2) is 24.8 Å². The number of aliphatic hydroxyl groups is 1. The Kier molecular flexibility index (Phi) is 4.93. The largest absolute Gasteiger partial charge is 0.396 e. The molecule has 0 aromatic carbocycles. The molecule has 0 aromatic heterocycles. The van der Waals surface area contributed by atoms with Gasteiger partial charge < -0.3 is 10.4 Å². The topological polar surface area (TPSA) is 32.3 Å². The summed E-state index contributed by atoms with van der Waals surface area (Å²) in [6.07, 6.45) is 0. The van der Waals surface area contributed by atoms with Gasteiger partial charge in [-0.3, -0.25) is 0 Å². The molecule has 0 bridgehead atoms. The van der Waals surface area contributed by atoms with Gasteiger partial charge in [-0.25, -0.2) is 0 Å². The highest BCUT2D eigenvalue weighted by molar-refractivity contribution is 4.97. The van der Waals surface area contributed by atoms with Gasteiger partial charge in [0, 0.05) is 18.6 Å². The molecule has 0 spiro atoms. The summed E-state index contributed by atoms with van der Waals surface area (Å²) in [5, 5.41) is 12.0. The number of aliphatic hydroxyl groups excluding tert-OH is 1. The molecule has 11 heavy (non-hydrogen) atoms. The third-order valence-corrected chi connectivity index (χ3v) is 1.42. The Morgan fingerprint density at radius 2 is 2.09 bits per heavy atom. The van der Waals surface area contributed by atoms with Crippen molar-refractivity contribution in [2.24, 2.45) is 5.41 Å². The Labute approximate surface area is 69.0 Å². The highest BCUT2D eigenvalue weighted by Gasteiger charge is 2.14. The van der Waals surface area contributed by atoms with Crippen LogP contribution < -0.4 is 5.32 Å². The minimum absolute atomic E-state index is 0.0323. The summed E-state index contributed by atoms with van der Waals surface area (Å²) in [5.74, 6) is 5.70. The summed E-state index contributed by atoms with van der Waals surface area (Å²) < 4.78 is 0. The van der Waals surface area contributed by atoms with Gasteiger partial charge in [-0.1, -0.05) is 19.8 Å². The molecule has 0 atom stereocenters. The van der Waals surface area contributed by atoms with E-state index in [4.69, 9.17) is 5.11 Å². The molecular weight excluding hydrogens is 138 g/mol. The van der Waals surface area contributed by atoms with Gasteiger partial charge in [0.2, 0.25) is 0 Å². The number of rotatable bonds is 4. The van der Waals surface area contributed by atoms with Crippen LogP contribution in [0.5, 0.6) is 0 Å². The Balaban J connectivity index is 3.42. The molecule has 0 aliphatic carbocycles. The predicted molar refractivity (Wildman–Crippen MR) is 47.2 cm³/mol. The Bertz CT molecular complexity index is 153. The quantitative estimate of drug-likeness (QED) is 0.461. The van der Waals surface area contributed by atoms with E-state index in [1.54, 1.807) is 0 Å². The van der Waals surface area contributed by atoms with Crippen LogP contribution in [0.25, 0.3) is 0 Å². The first-order valence-electron chi connectivity index (χ1n) is 3.83. The molecule has 0 aromatic rings. The average molecular weight is 155 g/mol. The zero-order chi connectivity index (χ0) is 8.74. The number of nitrogens with one attached hydrogen (secondary N) is 1. The van der Waals surface area contributed by atoms with Crippen molar-refractivity contribution in [1.82, 2.24) is 5.32 Å². The fourth-order valence-electron chi connectivity index (χ4n) is 0.608. The molecule has 2 nitrogen and oxygen atoms in total. The van der Waals surface area contributed by atoms with Gasteiger partial charge >= 0.3 is 0 Å². The molecule has 0 amide bonds. The maximum absolute atomic E-state index is 8.87. The molecular formula is C9H17NO.